The monoisotopic (exact) mass is 286 g/mol. The molecule has 0 aromatic carbocycles. The number of nitrogens with one attached hydrogen (secondary N) is 1. The molecule has 0 aliphatic heterocycles. The van der Waals surface area contributed by atoms with Crippen LogP contribution in [0.2, 0.25) is 0 Å². The molecule has 21 heavy (non-hydrogen) atoms. The Kier molecular flexibility index (Phi) is 4.32. The second-order valence-corrected chi connectivity index (χ2v) is 4.89. The predicted octanol–water partition coefficient (Wildman–Crippen LogP) is 1.26. The average molecular weight is 286 g/mol. The molecule has 2 aromatic heterocycles. The summed E-state index contributed by atoms with van der Waals surface area (Å²) in [6.45, 7) is 0. The molecule has 2 rings (SSSR count). The van der Waals surface area contributed by atoms with E-state index in [2.05, 4.69) is 20.3 Å². The van der Waals surface area contributed by atoms with Crippen molar-refractivity contribution in [2.45, 2.75) is 0 Å². The smallest absolute Gasteiger partial charge is 0.255 e. The Balaban J connectivity index is 2.29. The number of hydrogen-bond acceptors (Lipinski definition) is 6. The highest BCUT2D eigenvalue weighted by Crippen LogP contribution is 2.23. The van der Waals surface area contributed by atoms with Gasteiger partial charge in [0.05, 0.1) is 6.20 Å². The Bertz CT molecular complexity index is 627. The number of pyridine rings is 1. The second-order valence-electron chi connectivity index (χ2n) is 4.89. The van der Waals surface area contributed by atoms with Crippen molar-refractivity contribution in [3.8, 4) is 0 Å². The molecule has 0 radical (unpaired) electrons. The molecule has 0 bridgehead atoms. The number of carbonyl (C=O) groups is 1. The van der Waals surface area contributed by atoms with Crippen molar-refractivity contribution >= 4 is 23.4 Å². The molecular formula is C14H18N6O. The minimum atomic E-state index is -0.221. The topological polar surface area (TPSA) is 74.2 Å². The van der Waals surface area contributed by atoms with Crippen LogP contribution in [-0.4, -0.2) is 49.0 Å². The lowest BCUT2D eigenvalue weighted by Crippen LogP contribution is -2.21. The first-order valence-electron chi connectivity index (χ1n) is 6.42. The molecule has 0 spiro atoms. The van der Waals surface area contributed by atoms with E-state index in [-0.39, 0.29) is 5.91 Å². The summed E-state index contributed by atoms with van der Waals surface area (Å²) in [4.78, 5) is 28.4. The van der Waals surface area contributed by atoms with E-state index < -0.39 is 0 Å². The van der Waals surface area contributed by atoms with Crippen molar-refractivity contribution in [3.63, 3.8) is 0 Å². The third-order valence-corrected chi connectivity index (χ3v) is 2.77. The third-order valence-electron chi connectivity index (χ3n) is 2.77. The van der Waals surface area contributed by atoms with Gasteiger partial charge >= 0.3 is 0 Å². The zero-order valence-electron chi connectivity index (χ0n) is 12.5. The van der Waals surface area contributed by atoms with Crippen molar-refractivity contribution in [3.05, 3.63) is 36.3 Å². The number of carbonyl (C=O) groups excluding carboxylic acids is 1. The molecule has 110 valence electrons. The van der Waals surface area contributed by atoms with E-state index in [0.29, 0.717) is 23.0 Å². The van der Waals surface area contributed by atoms with Gasteiger partial charge in [0, 0.05) is 46.1 Å². The molecule has 0 aliphatic carbocycles. The van der Waals surface area contributed by atoms with E-state index >= 15 is 0 Å². The second kappa shape index (κ2) is 6.17. The fourth-order valence-electron chi connectivity index (χ4n) is 1.71. The zero-order chi connectivity index (χ0) is 15.4. The molecular weight excluding hydrogens is 268 g/mol. The van der Waals surface area contributed by atoms with Gasteiger partial charge in [-0.25, -0.2) is 4.98 Å². The van der Waals surface area contributed by atoms with Gasteiger partial charge in [-0.3, -0.25) is 9.78 Å². The summed E-state index contributed by atoms with van der Waals surface area (Å²) in [5.41, 5.74) is 1.10. The van der Waals surface area contributed by atoms with Gasteiger partial charge < -0.3 is 15.1 Å². The van der Waals surface area contributed by atoms with Crippen molar-refractivity contribution in [2.24, 2.45) is 0 Å². The summed E-state index contributed by atoms with van der Waals surface area (Å²) in [7, 11) is 7.46. The highest BCUT2D eigenvalue weighted by atomic mass is 16.1. The van der Waals surface area contributed by atoms with Crippen LogP contribution in [0.1, 0.15) is 10.4 Å². The molecule has 2 heterocycles. The van der Waals surface area contributed by atoms with E-state index in [1.165, 1.54) is 0 Å². The average Bonchev–Trinajstić information content (AvgIpc) is 2.48. The largest absolute Gasteiger partial charge is 0.361 e. The molecule has 0 fully saturated rings. The van der Waals surface area contributed by atoms with Gasteiger partial charge in [-0.05, 0) is 12.1 Å². The predicted molar refractivity (Wildman–Crippen MR) is 82.9 cm³/mol. The maximum Gasteiger partial charge on any atom is 0.255 e. The Morgan fingerprint density at radius 2 is 1.76 bits per heavy atom. The van der Waals surface area contributed by atoms with Crippen LogP contribution >= 0.6 is 0 Å². The van der Waals surface area contributed by atoms with Crippen LogP contribution < -0.4 is 15.1 Å². The Morgan fingerprint density at radius 1 is 1.10 bits per heavy atom. The van der Waals surface area contributed by atoms with Crippen LogP contribution in [0.3, 0.4) is 0 Å². The number of rotatable bonds is 4. The molecule has 1 amide bonds. The van der Waals surface area contributed by atoms with E-state index in [1.54, 1.807) is 30.7 Å². The van der Waals surface area contributed by atoms with Gasteiger partial charge in [0.1, 0.15) is 5.69 Å². The first-order valence-corrected chi connectivity index (χ1v) is 6.42. The Morgan fingerprint density at radius 3 is 2.33 bits per heavy atom. The van der Waals surface area contributed by atoms with Crippen molar-refractivity contribution < 1.29 is 4.79 Å². The number of nitrogens with zero attached hydrogens (tertiary/aromatic N) is 5. The van der Waals surface area contributed by atoms with Crippen LogP contribution in [0.15, 0.2) is 30.7 Å². The molecule has 7 heteroatoms. The standard InChI is InChI=1S/C14H18N6O/c1-19(2)12-11(9-16-14(18-12)20(3)4)17-13(21)10-5-7-15-8-6-10/h5-9H,1-4H3,(H,17,21). The summed E-state index contributed by atoms with van der Waals surface area (Å²) in [6.07, 6.45) is 4.76. The fourth-order valence-corrected chi connectivity index (χ4v) is 1.71. The summed E-state index contributed by atoms with van der Waals surface area (Å²) < 4.78 is 0. The maximum atomic E-state index is 12.2. The normalized spacial score (nSPS) is 10.1. The van der Waals surface area contributed by atoms with Gasteiger partial charge in [0.15, 0.2) is 5.82 Å². The highest BCUT2D eigenvalue weighted by Gasteiger charge is 2.14. The van der Waals surface area contributed by atoms with Gasteiger partial charge in [-0.2, -0.15) is 4.98 Å². The Labute approximate surface area is 123 Å². The van der Waals surface area contributed by atoms with E-state index in [1.807, 2.05) is 38.0 Å². The minimum Gasteiger partial charge on any atom is -0.361 e. The number of hydrogen-bond donors (Lipinski definition) is 1. The van der Waals surface area contributed by atoms with Crippen molar-refractivity contribution in [1.29, 1.82) is 0 Å². The van der Waals surface area contributed by atoms with Crippen LogP contribution in [0.4, 0.5) is 17.5 Å². The van der Waals surface area contributed by atoms with Crippen LogP contribution in [0, 0.1) is 0 Å². The van der Waals surface area contributed by atoms with E-state index in [9.17, 15) is 4.79 Å². The molecule has 2 aromatic rings. The van der Waals surface area contributed by atoms with Crippen LogP contribution in [0.25, 0.3) is 0 Å². The van der Waals surface area contributed by atoms with Crippen molar-refractivity contribution in [1.82, 2.24) is 15.0 Å². The summed E-state index contributed by atoms with van der Waals surface area (Å²) >= 11 is 0. The minimum absolute atomic E-state index is 0.221. The molecule has 0 aliphatic rings. The van der Waals surface area contributed by atoms with E-state index in [4.69, 9.17) is 0 Å². The SMILES string of the molecule is CN(C)c1ncc(NC(=O)c2ccncc2)c(N(C)C)n1. The van der Waals surface area contributed by atoms with Crippen LogP contribution in [0.5, 0.6) is 0 Å². The highest BCUT2D eigenvalue weighted by molar-refractivity contribution is 6.05. The lowest BCUT2D eigenvalue weighted by molar-refractivity contribution is 0.102. The van der Waals surface area contributed by atoms with Gasteiger partial charge in [0.25, 0.3) is 5.91 Å². The van der Waals surface area contributed by atoms with Gasteiger partial charge in [0.2, 0.25) is 5.95 Å². The molecule has 0 saturated carbocycles. The Hall–Kier alpha value is -2.70. The van der Waals surface area contributed by atoms with E-state index in [0.717, 1.165) is 0 Å². The molecule has 0 saturated heterocycles. The summed E-state index contributed by atoms with van der Waals surface area (Å²) in [5, 5.41) is 2.82. The summed E-state index contributed by atoms with van der Waals surface area (Å²) in [5.74, 6) is 1.01. The first-order chi connectivity index (χ1) is 9.99. The number of amides is 1. The van der Waals surface area contributed by atoms with Gasteiger partial charge in [-0.1, -0.05) is 0 Å². The molecule has 1 N–H and O–H groups in total. The molecule has 0 unspecified atom stereocenters. The fraction of sp³-hybridized carbons (Fsp3) is 0.286. The lowest BCUT2D eigenvalue weighted by atomic mass is 10.2. The first kappa shape index (κ1) is 14.7. The number of anilines is 3. The maximum absolute atomic E-state index is 12.2. The van der Waals surface area contributed by atoms with Crippen LogP contribution in [-0.2, 0) is 0 Å². The van der Waals surface area contributed by atoms with Crippen molar-refractivity contribution in [2.75, 3.05) is 43.3 Å². The zero-order valence-corrected chi connectivity index (χ0v) is 12.5. The third kappa shape index (κ3) is 3.44. The summed E-state index contributed by atoms with van der Waals surface area (Å²) in [6, 6.07) is 3.30. The quantitative estimate of drug-likeness (QED) is 0.912. The molecule has 7 nitrogen and oxygen atoms in total. The lowest BCUT2D eigenvalue weighted by Gasteiger charge is -2.19. The molecule has 0 atom stereocenters. The number of aromatic nitrogens is 3. The van der Waals surface area contributed by atoms with Gasteiger partial charge in [-0.15, -0.1) is 0 Å².